The number of hydrogen-bond acceptors (Lipinski definition) is 6. The van der Waals surface area contributed by atoms with Crippen LogP contribution in [0.2, 0.25) is 0 Å². The fraction of sp³-hybridized carbons (Fsp3) is 0.364. The Morgan fingerprint density at radius 3 is 2.68 bits per heavy atom. The molecule has 0 bridgehead atoms. The summed E-state index contributed by atoms with van der Waals surface area (Å²) in [5, 5.41) is 7.19. The average Bonchev–Trinajstić information content (AvgIpc) is 3.32. The Labute approximate surface area is 189 Å². The van der Waals surface area contributed by atoms with E-state index in [-0.39, 0.29) is 5.91 Å². The molecule has 4 rings (SSSR count). The van der Waals surface area contributed by atoms with Crippen molar-refractivity contribution >= 4 is 27.7 Å². The number of piperidine rings is 1. The summed E-state index contributed by atoms with van der Waals surface area (Å²) in [6.07, 6.45) is 6.49. The second-order valence-corrected chi connectivity index (χ2v) is 8.48. The number of nitrogens with one attached hydrogen (secondary N) is 1. The molecule has 0 aromatic carbocycles. The Morgan fingerprint density at radius 2 is 2.06 bits per heavy atom. The first kappa shape index (κ1) is 21.5. The number of hydrogen-bond donors (Lipinski definition) is 1. The number of nitrogens with zero attached hydrogens (tertiary/aromatic N) is 5. The smallest absolute Gasteiger partial charge is 0.252 e. The summed E-state index contributed by atoms with van der Waals surface area (Å²) in [4.78, 5) is 24.2. The number of ether oxygens (including phenoxy) is 1. The van der Waals surface area contributed by atoms with Crippen LogP contribution in [0.25, 0.3) is 5.82 Å². The van der Waals surface area contributed by atoms with Gasteiger partial charge in [-0.1, -0.05) is 6.07 Å². The van der Waals surface area contributed by atoms with Gasteiger partial charge in [0.25, 0.3) is 5.91 Å². The van der Waals surface area contributed by atoms with Gasteiger partial charge in [0.15, 0.2) is 5.82 Å². The van der Waals surface area contributed by atoms with Gasteiger partial charge in [-0.05, 0) is 58.2 Å². The van der Waals surface area contributed by atoms with Crippen molar-refractivity contribution in [2.75, 3.05) is 25.1 Å². The zero-order valence-electron chi connectivity index (χ0n) is 17.6. The molecule has 1 N–H and O–H groups in total. The van der Waals surface area contributed by atoms with Crippen molar-refractivity contribution < 1.29 is 9.53 Å². The Kier molecular flexibility index (Phi) is 6.33. The first-order valence-electron chi connectivity index (χ1n) is 10.2. The van der Waals surface area contributed by atoms with Crippen molar-refractivity contribution in [1.82, 2.24) is 25.1 Å². The minimum atomic E-state index is -0.833. The van der Waals surface area contributed by atoms with Crippen molar-refractivity contribution in [3.8, 4) is 5.82 Å². The van der Waals surface area contributed by atoms with Gasteiger partial charge in [-0.2, -0.15) is 5.10 Å². The van der Waals surface area contributed by atoms with E-state index in [2.05, 4.69) is 47.3 Å². The zero-order chi connectivity index (χ0) is 21.8. The van der Waals surface area contributed by atoms with Gasteiger partial charge in [0, 0.05) is 58.2 Å². The second kappa shape index (κ2) is 9.15. The molecule has 9 heteroatoms. The summed E-state index contributed by atoms with van der Waals surface area (Å²) >= 11 is 3.46. The minimum Gasteiger partial charge on any atom is -0.368 e. The van der Waals surface area contributed by atoms with Crippen LogP contribution >= 0.6 is 15.9 Å². The van der Waals surface area contributed by atoms with Crippen molar-refractivity contribution in [2.24, 2.45) is 0 Å². The Bertz CT molecular complexity index is 1010. The van der Waals surface area contributed by atoms with Gasteiger partial charge in [-0.3, -0.25) is 4.79 Å². The average molecular weight is 485 g/mol. The zero-order valence-corrected chi connectivity index (χ0v) is 19.2. The maximum absolute atomic E-state index is 13.0. The number of carbonyl (C=O) groups excluding carboxylic acids is 1. The molecule has 3 aromatic rings. The highest BCUT2D eigenvalue weighted by Gasteiger charge is 2.41. The fourth-order valence-corrected chi connectivity index (χ4v) is 4.34. The molecule has 0 saturated carbocycles. The summed E-state index contributed by atoms with van der Waals surface area (Å²) in [6.45, 7) is 3.84. The molecule has 1 fully saturated rings. The monoisotopic (exact) mass is 484 g/mol. The number of methoxy groups -OCH3 is 1. The molecular weight excluding hydrogens is 460 g/mol. The lowest BCUT2D eigenvalue weighted by Gasteiger charge is -2.40. The highest BCUT2D eigenvalue weighted by atomic mass is 79.9. The van der Waals surface area contributed by atoms with E-state index in [1.54, 1.807) is 24.2 Å². The molecule has 162 valence electrons. The van der Waals surface area contributed by atoms with E-state index in [1.807, 2.05) is 37.4 Å². The van der Waals surface area contributed by atoms with Crippen LogP contribution in [0.5, 0.6) is 0 Å². The molecule has 8 nitrogen and oxygen atoms in total. The SMILES string of the molecule is COC1(C(=O)NCc2ccc(-n3cccn3)nc2)CCN(c2cc(C)cc(Br)n2)CC1. The number of aromatic nitrogens is 4. The summed E-state index contributed by atoms with van der Waals surface area (Å²) in [5.41, 5.74) is 1.23. The summed E-state index contributed by atoms with van der Waals surface area (Å²) in [7, 11) is 1.61. The van der Waals surface area contributed by atoms with E-state index in [4.69, 9.17) is 4.74 Å². The topological polar surface area (TPSA) is 85.2 Å². The molecule has 1 amide bonds. The molecule has 4 heterocycles. The van der Waals surface area contributed by atoms with Gasteiger partial charge in [-0.25, -0.2) is 14.6 Å². The van der Waals surface area contributed by atoms with Crippen LogP contribution in [0.1, 0.15) is 24.0 Å². The number of pyridine rings is 2. The maximum Gasteiger partial charge on any atom is 0.252 e. The lowest BCUT2D eigenvalue weighted by molar-refractivity contribution is -0.146. The van der Waals surface area contributed by atoms with Crippen molar-refractivity contribution in [2.45, 2.75) is 31.9 Å². The first-order chi connectivity index (χ1) is 15.0. The highest BCUT2D eigenvalue weighted by molar-refractivity contribution is 9.10. The van der Waals surface area contributed by atoms with Crippen LogP contribution in [-0.2, 0) is 16.1 Å². The lowest BCUT2D eigenvalue weighted by atomic mass is 9.90. The van der Waals surface area contributed by atoms with Crippen LogP contribution in [0.15, 0.2) is 53.5 Å². The van der Waals surface area contributed by atoms with Crippen LogP contribution in [0, 0.1) is 6.92 Å². The number of halogens is 1. The van der Waals surface area contributed by atoms with E-state index < -0.39 is 5.60 Å². The molecule has 1 aliphatic rings. The number of rotatable bonds is 6. The number of aryl methyl sites for hydroxylation is 1. The van der Waals surface area contributed by atoms with Crippen molar-refractivity contribution in [1.29, 1.82) is 0 Å². The Morgan fingerprint density at radius 1 is 1.26 bits per heavy atom. The van der Waals surface area contributed by atoms with Gasteiger partial charge in [0.05, 0.1) is 0 Å². The fourth-order valence-electron chi connectivity index (χ4n) is 3.79. The molecule has 31 heavy (non-hydrogen) atoms. The molecule has 0 spiro atoms. The third-order valence-corrected chi connectivity index (χ3v) is 6.03. The lowest BCUT2D eigenvalue weighted by Crippen LogP contribution is -2.55. The normalized spacial score (nSPS) is 15.6. The van der Waals surface area contributed by atoms with E-state index >= 15 is 0 Å². The number of amides is 1. The van der Waals surface area contributed by atoms with E-state index in [1.165, 1.54) is 0 Å². The highest BCUT2D eigenvalue weighted by Crippen LogP contribution is 2.29. The van der Waals surface area contributed by atoms with Crippen LogP contribution in [0.4, 0.5) is 5.82 Å². The third kappa shape index (κ3) is 4.77. The molecule has 1 saturated heterocycles. The molecular formula is C22H25BrN6O2. The quantitative estimate of drug-likeness (QED) is 0.541. The number of carbonyl (C=O) groups is 1. The van der Waals surface area contributed by atoms with Crippen molar-refractivity contribution in [3.05, 3.63) is 64.7 Å². The Hall–Kier alpha value is -2.78. The molecule has 0 radical (unpaired) electrons. The maximum atomic E-state index is 13.0. The van der Waals surface area contributed by atoms with Crippen molar-refractivity contribution in [3.63, 3.8) is 0 Å². The van der Waals surface area contributed by atoms with Crippen LogP contribution in [0.3, 0.4) is 0 Å². The predicted octanol–water partition coefficient (Wildman–Crippen LogP) is 3.04. The van der Waals surface area contributed by atoms with Gasteiger partial charge in [0.1, 0.15) is 16.0 Å². The van der Waals surface area contributed by atoms with E-state index in [9.17, 15) is 4.79 Å². The second-order valence-electron chi connectivity index (χ2n) is 7.67. The molecule has 0 atom stereocenters. The third-order valence-electron chi connectivity index (χ3n) is 5.63. The molecule has 0 aliphatic carbocycles. The number of anilines is 1. The largest absolute Gasteiger partial charge is 0.368 e. The molecule has 3 aromatic heterocycles. The van der Waals surface area contributed by atoms with Crippen LogP contribution < -0.4 is 10.2 Å². The van der Waals surface area contributed by atoms with Gasteiger partial charge in [0.2, 0.25) is 0 Å². The van der Waals surface area contributed by atoms with E-state index in [0.29, 0.717) is 32.5 Å². The van der Waals surface area contributed by atoms with Gasteiger partial charge < -0.3 is 15.0 Å². The standard InChI is InChI=1S/C22H25BrN6O2/c1-16-12-18(23)27-20(13-16)28-10-6-22(31-2,7-11-28)21(30)25-15-17-4-5-19(24-14-17)29-9-3-8-26-29/h3-5,8-9,12-14H,6-7,10-11,15H2,1-2H3,(H,25,30). The summed E-state index contributed by atoms with van der Waals surface area (Å²) in [5.74, 6) is 1.56. The van der Waals surface area contributed by atoms with Gasteiger partial charge in [-0.15, -0.1) is 0 Å². The summed E-state index contributed by atoms with van der Waals surface area (Å²) < 4.78 is 8.24. The van der Waals surface area contributed by atoms with E-state index in [0.717, 1.165) is 27.4 Å². The molecule has 0 unspecified atom stereocenters. The Balaban J connectivity index is 1.36. The molecule has 1 aliphatic heterocycles. The van der Waals surface area contributed by atoms with Crippen LogP contribution in [-0.4, -0.2) is 51.5 Å². The van der Waals surface area contributed by atoms with Gasteiger partial charge >= 0.3 is 0 Å². The minimum absolute atomic E-state index is 0.0933. The summed E-state index contributed by atoms with van der Waals surface area (Å²) in [6, 6.07) is 9.71. The predicted molar refractivity (Wildman–Crippen MR) is 121 cm³/mol. The first-order valence-corrected chi connectivity index (χ1v) is 11.0.